The molecule has 0 aliphatic carbocycles. The van der Waals surface area contributed by atoms with Crippen LogP contribution in [0.3, 0.4) is 0 Å². The van der Waals surface area contributed by atoms with Gasteiger partial charge in [0.05, 0.1) is 0 Å². The quantitative estimate of drug-likeness (QED) is 0.227. The molecule has 0 saturated carbocycles. The van der Waals surface area contributed by atoms with E-state index in [4.69, 9.17) is 0 Å². The van der Waals surface area contributed by atoms with Gasteiger partial charge in [-0.3, -0.25) is 0 Å². The van der Waals surface area contributed by atoms with E-state index < -0.39 is 0 Å². The summed E-state index contributed by atoms with van der Waals surface area (Å²) in [6, 6.07) is 36.5. The maximum Gasteiger partial charge on any atom is 0.0239 e. The topological polar surface area (TPSA) is 25.8 Å². The summed E-state index contributed by atoms with van der Waals surface area (Å²) >= 11 is 0. The molecule has 2 heterocycles. The number of rotatable bonds is 2. The maximum absolute atomic E-state index is 4.49. The molecule has 5 rings (SSSR count). The average Bonchev–Trinajstić information content (AvgIpc) is 2.80. The molecule has 0 atom stereocenters. The molecule has 0 fully saturated rings. The standard InChI is InChI=1S/C16H12N.C11H8N.Ir/c1-12-5-4-8-14(9-12)16-10-13-6-2-3-7-15(13)11-17-16;1-2-6-10(7-3-1)11-8-4-5-9-12-11;/h2-7,9-11H,1H3;1-6,8-9H;/q2*-1;. The van der Waals surface area contributed by atoms with Gasteiger partial charge in [0, 0.05) is 32.5 Å². The van der Waals surface area contributed by atoms with Gasteiger partial charge in [-0.25, -0.2) is 0 Å². The third-order valence-corrected chi connectivity index (χ3v) is 4.51. The van der Waals surface area contributed by atoms with Gasteiger partial charge in [-0.1, -0.05) is 49.4 Å². The Bertz CT molecular complexity index is 1170. The SMILES string of the molecule is Cc1cc[c-]c(-c2cc3ccccc3cn2)c1.[Ir].[c-]1ccccc1-c1ccccn1. The smallest absolute Gasteiger partial charge is 0.0239 e. The van der Waals surface area contributed by atoms with Gasteiger partial charge in [-0.2, -0.15) is 0 Å². The van der Waals surface area contributed by atoms with Gasteiger partial charge in [0.1, 0.15) is 0 Å². The molecule has 1 radical (unpaired) electrons. The van der Waals surface area contributed by atoms with E-state index in [2.05, 4.69) is 53.3 Å². The summed E-state index contributed by atoms with van der Waals surface area (Å²) in [5, 5.41) is 2.39. The zero-order chi connectivity index (χ0) is 19.9. The van der Waals surface area contributed by atoms with E-state index in [1.165, 1.54) is 16.3 Å². The third-order valence-electron chi connectivity index (χ3n) is 4.51. The van der Waals surface area contributed by atoms with Crippen molar-refractivity contribution in [2.75, 3.05) is 0 Å². The Morgan fingerprint density at radius 2 is 1.40 bits per heavy atom. The molecule has 3 heteroatoms. The zero-order valence-corrected chi connectivity index (χ0v) is 18.9. The van der Waals surface area contributed by atoms with Crippen LogP contribution in [0.1, 0.15) is 5.56 Å². The van der Waals surface area contributed by atoms with Crippen LogP contribution >= 0.6 is 0 Å². The van der Waals surface area contributed by atoms with Crippen molar-refractivity contribution in [3.8, 4) is 22.5 Å². The molecule has 0 N–H and O–H groups in total. The third kappa shape index (κ3) is 5.48. The fourth-order valence-corrected chi connectivity index (χ4v) is 3.03. The first-order valence-corrected chi connectivity index (χ1v) is 9.51. The summed E-state index contributed by atoms with van der Waals surface area (Å²) in [5.41, 5.74) is 5.27. The Labute approximate surface area is 191 Å². The van der Waals surface area contributed by atoms with Crippen LogP contribution in [-0.2, 0) is 20.1 Å². The van der Waals surface area contributed by atoms with Crippen molar-refractivity contribution < 1.29 is 20.1 Å². The van der Waals surface area contributed by atoms with E-state index in [1.807, 2.05) is 72.9 Å². The molecule has 30 heavy (non-hydrogen) atoms. The number of hydrogen-bond donors (Lipinski definition) is 0. The van der Waals surface area contributed by atoms with E-state index in [0.29, 0.717) is 0 Å². The average molecular weight is 565 g/mol. The summed E-state index contributed by atoms with van der Waals surface area (Å²) in [7, 11) is 0. The molecule has 3 aromatic carbocycles. The molecular formula is C27H20IrN2-2. The van der Waals surface area contributed by atoms with Crippen molar-refractivity contribution in [2.24, 2.45) is 0 Å². The minimum Gasteiger partial charge on any atom is -0.305 e. The van der Waals surface area contributed by atoms with Crippen LogP contribution in [0.15, 0.2) is 103 Å². The molecule has 0 saturated heterocycles. The Morgan fingerprint density at radius 3 is 2.13 bits per heavy atom. The van der Waals surface area contributed by atoms with Gasteiger partial charge in [0.15, 0.2) is 0 Å². The van der Waals surface area contributed by atoms with Gasteiger partial charge in [0.2, 0.25) is 0 Å². The number of aromatic nitrogens is 2. The van der Waals surface area contributed by atoms with Crippen molar-refractivity contribution in [3.63, 3.8) is 0 Å². The van der Waals surface area contributed by atoms with Gasteiger partial charge < -0.3 is 9.97 Å². The Balaban J connectivity index is 0.000000175. The first kappa shape index (κ1) is 21.6. The summed E-state index contributed by atoms with van der Waals surface area (Å²) in [6.45, 7) is 2.08. The summed E-state index contributed by atoms with van der Waals surface area (Å²) in [6.07, 6.45) is 3.71. The molecule has 0 aliphatic heterocycles. The van der Waals surface area contributed by atoms with Crippen LogP contribution in [0.4, 0.5) is 0 Å². The maximum atomic E-state index is 4.49. The van der Waals surface area contributed by atoms with Gasteiger partial charge in [0.25, 0.3) is 0 Å². The van der Waals surface area contributed by atoms with Crippen molar-refractivity contribution in [1.82, 2.24) is 9.97 Å². The Hall–Kier alpha value is -3.13. The molecule has 2 aromatic heterocycles. The van der Waals surface area contributed by atoms with Gasteiger partial charge in [-0.05, 0) is 28.2 Å². The number of hydrogen-bond acceptors (Lipinski definition) is 2. The predicted molar refractivity (Wildman–Crippen MR) is 119 cm³/mol. The van der Waals surface area contributed by atoms with Crippen LogP contribution in [0.2, 0.25) is 0 Å². The molecule has 0 amide bonds. The largest absolute Gasteiger partial charge is 0.305 e. The fraction of sp³-hybridized carbons (Fsp3) is 0.0370. The van der Waals surface area contributed by atoms with E-state index in [0.717, 1.165) is 22.5 Å². The Morgan fingerprint density at radius 1 is 0.633 bits per heavy atom. The second-order valence-electron chi connectivity index (χ2n) is 6.69. The van der Waals surface area contributed by atoms with Crippen molar-refractivity contribution in [3.05, 3.63) is 121 Å². The van der Waals surface area contributed by atoms with E-state index >= 15 is 0 Å². The summed E-state index contributed by atoms with van der Waals surface area (Å²) in [5.74, 6) is 0. The molecule has 0 bridgehead atoms. The molecular weight excluding hydrogens is 545 g/mol. The molecule has 0 aliphatic rings. The van der Waals surface area contributed by atoms with Crippen molar-refractivity contribution in [1.29, 1.82) is 0 Å². The van der Waals surface area contributed by atoms with Crippen molar-refractivity contribution >= 4 is 10.8 Å². The second kappa shape index (κ2) is 10.6. The van der Waals surface area contributed by atoms with E-state index in [1.54, 1.807) is 6.20 Å². The minimum absolute atomic E-state index is 0. The first-order chi connectivity index (χ1) is 14.3. The van der Waals surface area contributed by atoms with Gasteiger partial charge in [-0.15, -0.1) is 71.3 Å². The number of aryl methyl sites for hydroxylation is 1. The van der Waals surface area contributed by atoms with Crippen LogP contribution in [0.25, 0.3) is 33.3 Å². The predicted octanol–water partition coefficient (Wildman–Crippen LogP) is 6.56. The van der Waals surface area contributed by atoms with Crippen LogP contribution < -0.4 is 0 Å². The zero-order valence-electron chi connectivity index (χ0n) is 16.5. The minimum atomic E-state index is 0. The number of fused-ring (bicyclic) bond motifs is 1. The fourth-order valence-electron chi connectivity index (χ4n) is 3.03. The molecule has 0 spiro atoms. The number of benzene rings is 3. The molecule has 5 aromatic rings. The van der Waals surface area contributed by atoms with Crippen molar-refractivity contribution in [2.45, 2.75) is 6.92 Å². The second-order valence-corrected chi connectivity index (χ2v) is 6.69. The first-order valence-electron chi connectivity index (χ1n) is 9.51. The van der Waals surface area contributed by atoms with Crippen LogP contribution in [-0.4, -0.2) is 9.97 Å². The molecule has 2 nitrogen and oxygen atoms in total. The molecule has 0 unspecified atom stereocenters. The van der Waals surface area contributed by atoms with Crippen LogP contribution in [0, 0.1) is 19.1 Å². The molecule has 149 valence electrons. The Kier molecular flexibility index (Phi) is 7.62. The monoisotopic (exact) mass is 565 g/mol. The summed E-state index contributed by atoms with van der Waals surface area (Å²) in [4.78, 5) is 8.70. The van der Waals surface area contributed by atoms with E-state index in [-0.39, 0.29) is 20.1 Å². The number of nitrogens with zero attached hydrogens (tertiary/aromatic N) is 2. The summed E-state index contributed by atoms with van der Waals surface area (Å²) < 4.78 is 0. The van der Waals surface area contributed by atoms with E-state index in [9.17, 15) is 0 Å². The number of pyridine rings is 2. The van der Waals surface area contributed by atoms with Crippen LogP contribution in [0.5, 0.6) is 0 Å². The van der Waals surface area contributed by atoms with Gasteiger partial charge >= 0.3 is 0 Å². The normalized spacial score (nSPS) is 9.90.